The SMILES string of the molecule is CCc1cc(OCc2ccc(CCN)cc2)ccc1Cl. The number of ether oxygens (including phenoxy) is 1. The highest BCUT2D eigenvalue weighted by atomic mass is 35.5. The molecule has 0 aliphatic carbocycles. The summed E-state index contributed by atoms with van der Waals surface area (Å²) in [5.41, 5.74) is 9.06. The van der Waals surface area contributed by atoms with Crippen LogP contribution in [0.25, 0.3) is 0 Å². The molecule has 2 N–H and O–H groups in total. The Kier molecular flexibility index (Phi) is 5.45. The lowest BCUT2D eigenvalue weighted by molar-refractivity contribution is 0.306. The lowest BCUT2D eigenvalue weighted by Crippen LogP contribution is -2.03. The lowest BCUT2D eigenvalue weighted by atomic mass is 10.1. The maximum absolute atomic E-state index is 6.09. The second-order valence-electron chi connectivity index (χ2n) is 4.75. The van der Waals surface area contributed by atoms with Gasteiger partial charge in [-0.05, 0) is 54.3 Å². The van der Waals surface area contributed by atoms with Gasteiger partial charge in [-0.3, -0.25) is 0 Å². The smallest absolute Gasteiger partial charge is 0.120 e. The molecule has 106 valence electrons. The number of aryl methyl sites for hydroxylation is 1. The molecule has 0 bridgehead atoms. The average Bonchev–Trinajstić information content (AvgIpc) is 2.48. The number of benzene rings is 2. The first-order valence-corrected chi connectivity index (χ1v) is 7.30. The fourth-order valence-electron chi connectivity index (χ4n) is 2.05. The molecule has 0 aliphatic rings. The fourth-order valence-corrected chi connectivity index (χ4v) is 2.30. The molecule has 2 nitrogen and oxygen atoms in total. The van der Waals surface area contributed by atoms with Gasteiger partial charge in [0.1, 0.15) is 12.4 Å². The molecule has 20 heavy (non-hydrogen) atoms. The minimum atomic E-state index is 0.563. The second kappa shape index (κ2) is 7.32. The van der Waals surface area contributed by atoms with Crippen LogP contribution < -0.4 is 10.5 Å². The van der Waals surface area contributed by atoms with Crippen molar-refractivity contribution in [3.05, 3.63) is 64.2 Å². The number of hydrogen-bond acceptors (Lipinski definition) is 2. The molecule has 0 radical (unpaired) electrons. The van der Waals surface area contributed by atoms with Crippen LogP contribution in [0.1, 0.15) is 23.6 Å². The van der Waals surface area contributed by atoms with E-state index in [1.54, 1.807) is 0 Å². The van der Waals surface area contributed by atoms with E-state index in [-0.39, 0.29) is 0 Å². The molecule has 0 saturated heterocycles. The Bertz CT molecular complexity index is 551. The zero-order valence-corrected chi connectivity index (χ0v) is 12.5. The standard InChI is InChI=1S/C17H20ClNO/c1-2-15-11-16(7-8-17(15)18)20-12-14-5-3-13(4-6-14)9-10-19/h3-8,11H,2,9-10,12,19H2,1H3. The van der Waals surface area contributed by atoms with Crippen molar-refractivity contribution in [3.8, 4) is 5.75 Å². The molecule has 0 spiro atoms. The third-order valence-corrected chi connectivity index (χ3v) is 3.63. The lowest BCUT2D eigenvalue weighted by Gasteiger charge is -2.09. The molecule has 3 heteroatoms. The van der Waals surface area contributed by atoms with Crippen LogP contribution in [0, 0.1) is 0 Å². The van der Waals surface area contributed by atoms with Crippen molar-refractivity contribution < 1.29 is 4.74 Å². The quantitative estimate of drug-likeness (QED) is 0.873. The Balaban J connectivity index is 1.97. The summed E-state index contributed by atoms with van der Waals surface area (Å²) in [5.74, 6) is 0.859. The maximum atomic E-state index is 6.09. The van der Waals surface area contributed by atoms with Crippen LogP contribution in [0.4, 0.5) is 0 Å². The Morgan fingerprint density at radius 3 is 2.40 bits per heavy atom. The molecule has 2 rings (SSSR count). The van der Waals surface area contributed by atoms with Gasteiger partial charge in [-0.1, -0.05) is 42.8 Å². The van der Waals surface area contributed by atoms with E-state index in [1.165, 1.54) is 5.56 Å². The molecule has 0 unspecified atom stereocenters. The van der Waals surface area contributed by atoms with Crippen LogP contribution in [-0.2, 0) is 19.4 Å². The zero-order chi connectivity index (χ0) is 14.4. The Labute approximate surface area is 125 Å². The van der Waals surface area contributed by atoms with Gasteiger partial charge in [-0.15, -0.1) is 0 Å². The normalized spacial score (nSPS) is 10.6. The predicted octanol–water partition coefficient (Wildman–Crippen LogP) is 3.98. The minimum Gasteiger partial charge on any atom is -0.489 e. The highest BCUT2D eigenvalue weighted by Crippen LogP contribution is 2.23. The summed E-state index contributed by atoms with van der Waals surface area (Å²) in [6, 6.07) is 14.2. The van der Waals surface area contributed by atoms with Crippen LogP contribution in [0.2, 0.25) is 5.02 Å². The van der Waals surface area contributed by atoms with Crippen LogP contribution in [0.15, 0.2) is 42.5 Å². The predicted molar refractivity (Wildman–Crippen MR) is 84.4 cm³/mol. The second-order valence-corrected chi connectivity index (χ2v) is 5.16. The van der Waals surface area contributed by atoms with E-state index in [2.05, 4.69) is 31.2 Å². The third-order valence-electron chi connectivity index (χ3n) is 3.26. The average molecular weight is 290 g/mol. The first-order chi connectivity index (χ1) is 9.72. The number of nitrogens with two attached hydrogens (primary N) is 1. The largest absolute Gasteiger partial charge is 0.489 e. The van der Waals surface area contributed by atoms with Crippen LogP contribution in [-0.4, -0.2) is 6.54 Å². The van der Waals surface area contributed by atoms with Gasteiger partial charge < -0.3 is 10.5 Å². The highest BCUT2D eigenvalue weighted by Gasteiger charge is 2.02. The van der Waals surface area contributed by atoms with Crippen LogP contribution in [0.3, 0.4) is 0 Å². The molecular formula is C17H20ClNO. The molecule has 0 aromatic heterocycles. The van der Waals surface area contributed by atoms with Gasteiger partial charge in [0.25, 0.3) is 0 Å². The van der Waals surface area contributed by atoms with Crippen molar-refractivity contribution in [1.29, 1.82) is 0 Å². The molecular weight excluding hydrogens is 270 g/mol. The van der Waals surface area contributed by atoms with E-state index in [0.717, 1.165) is 34.7 Å². The van der Waals surface area contributed by atoms with Crippen molar-refractivity contribution in [3.63, 3.8) is 0 Å². The topological polar surface area (TPSA) is 35.2 Å². The summed E-state index contributed by atoms with van der Waals surface area (Å²) in [6.07, 6.45) is 1.82. The molecule has 0 aliphatic heterocycles. The van der Waals surface area contributed by atoms with Crippen LogP contribution in [0.5, 0.6) is 5.75 Å². The summed E-state index contributed by atoms with van der Waals surface area (Å²) < 4.78 is 5.81. The number of halogens is 1. The van der Waals surface area contributed by atoms with E-state index in [0.29, 0.717) is 13.2 Å². The summed E-state index contributed by atoms with van der Waals surface area (Å²) in [6.45, 7) is 3.33. The third kappa shape index (κ3) is 3.99. The van der Waals surface area contributed by atoms with Crippen molar-refractivity contribution in [1.82, 2.24) is 0 Å². The first kappa shape index (κ1) is 14.9. The Morgan fingerprint density at radius 1 is 1.05 bits per heavy atom. The van der Waals surface area contributed by atoms with Gasteiger partial charge in [-0.25, -0.2) is 0 Å². The summed E-state index contributed by atoms with van der Waals surface area (Å²) >= 11 is 6.09. The summed E-state index contributed by atoms with van der Waals surface area (Å²) in [5, 5.41) is 0.797. The summed E-state index contributed by atoms with van der Waals surface area (Å²) in [4.78, 5) is 0. The first-order valence-electron chi connectivity index (χ1n) is 6.92. The van der Waals surface area contributed by atoms with Crippen molar-refractivity contribution in [2.75, 3.05) is 6.54 Å². The van der Waals surface area contributed by atoms with E-state index in [4.69, 9.17) is 22.1 Å². The highest BCUT2D eigenvalue weighted by molar-refractivity contribution is 6.31. The Hall–Kier alpha value is -1.51. The molecule has 2 aromatic carbocycles. The molecule has 0 saturated carbocycles. The van der Waals surface area contributed by atoms with Gasteiger partial charge in [0, 0.05) is 5.02 Å². The molecule has 0 atom stereocenters. The van der Waals surface area contributed by atoms with E-state index in [1.807, 2.05) is 18.2 Å². The number of hydrogen-bond donors (Lipinski definition) is 1. The molecule has 2 aromatic rings. The van der Waals surface area contributed by atoms with Gasteiger partial charge in [0.05, 0.1) is 0 Å². The van der Waals surface area contributed by atoms with E-state index in [9.17, 15) is 0 Å². The van der Waals surface area contributed by atoms with Gasteiger partial charge >= 0.3 is 0 Å². The fraction of sp³-hybridized carbons (Fsp3) is 0.294. The van der Waals surface area contributed by atoms with E-state index >= 15 is 0 Å². The van der Waals surface area contributed by atoms with Crippen molar-refractivity contribution in [2.24, 2.45) is 5.73 Å². The molecule has 0 fully saturated rings. The molecule has 0 heterocycles. The molecule has 0 amide bonds. The maximum Gasteiger partial charge on any atom is 0.120 e. The van der Waals surface area contributed by atoms with Gasteiger partial charge in [-0.2, -0.15) is 0 Å². The van der Waals surface area contributed by atoms with Crippen molar-refractivity contribution >= 4 is 11.6 Å². The Morgan fingerprint density at radius 2 is 1.75 bits per heavy atom. The van der Waals surface area contributed by atoms with Crippen LogP contribution >= 0.6 is 11.6 Å². The summed E-state index contributed by atoms with van der Waals surface area (Å²) in [7, 11) is 0. The van der Waals surface area contributed by atoms with E-state index < -0.39 is 0 Å². The number of rotatable bonds is 6. The van der Waals surface area contributed by atoms with Gasteiger partial charge in [0.2, 0.25) is 0 Å². The van der Waals surface area contributed by atoms with Crippen molar-refractivity contribution in [2.45, 2.75) is 26.4 Å². The minimum absolute atomic E-state index is 0.563. The monoisotopic (exact) mass is 289 g/mol. The van der Waals surface area contributed by atoms with Gasteiger partial charge in [0.15, 0.2) is 0 Å². The zero-order valence-electron chi connectivity index (χ0n) is 11.7.